The Morgan fingerprint density at radius 2 is 2.24 bits per heavy atom. The lowest BCUT2D eigenvalue weighted by molar-refractivity contribution is 0.293. The van der Waals surface area contributed by atoms with Gasteiger partial charge in [0.25, 0.3) is 0 Å². The number of rotatable bonds is 4. The summed E-state index contributed by atoms with van der Waals surface area (Å²) < 4.78 is 0. The molecular weight excluding hydrogens is 210 g/mol. The van der Waals surface area contributed by atoms with Crippen molar-refractivity contribution in [2.45, 2.75) is 31.8 Å². The largest absolute Gasteiger partial charge is 0.399 e. The third-order valence-corrected chi connectivity index (χ3v) is 3.79. The van der Waals surface area contributed by atoms with Crippen molar-refractivity contribution in [1.82, 2.24) is 10.2 Å². The number of benzene rings is 1. The van der Waals surface area contributed by atoms with E-state index in [4.69, 9.17) is 5.73 Å². The molecule has 2 atom stereocenters. The molecule has 0 spiro atoms. The number of fused-ring (bicyclic) bond motifs is 1. The number of nitrogens with two attached hydrogens (primary N) is 1. The highest BCUT2D eigenvalue weighted by Gasteiger charge is 2.22. The van der Waals surface area contributed by atoms with Crippen LogP contribution in [-0.4, -0.2) is 31.6 Å². The predicted molar refractivity (Wildman–Crippen MR) is 73.1 cm³/mol. The van der Waals surface area contributed by atoms with E-state index in [1.165, 1.54) is 17.5 Å². The maximum atomic E-state index is 5.81. The Balaban J connectivity index is 1.98. The average Bonchev–Trinajstić information content (AvgIpc) is 2.67. The van der Waals surface area contributed by atoms with Gasteiger partial charge < -0.3 is 16.0 Å². The minimum atomic E-state index is 0.507. The second kappa shape index (κ2) is 5.07. The minimum absolute atomic E-state index is 0.507. The molecular formula is C14H23N3. The molecule has 3 heteroatoms. The lowest BCUT2D eigenvalue weighted by Gasteiger charge is -2.23. The van der Waals surface area contributed by atoms with E-state index in [0.29, 0.717) is 12.1 Å². The van der Waals surface area contributed by atoms with Gasteiger partial charge in [-0.15, -0.1) is 0 Å². The summed E-state index contributed by atoms with van der Waals surface area (Å²) in [5.41, 5.74) is 9.54. The predicted octanol–water partition coefficient (Wildman–Crippen LogP) is 1.80. The minimum Gasteiger partial charge on any atom is -0.399 e. The van der Waals surface area contributed by atoms with Crippen LogP contribution in [0.3, 0.4) is 0 Å². The van der Waals surface area contributed by atoms with E-state index in [1.54, 1.807) is 0 Å². The Kier molecular flexibility index (Phi) is 3.69. The molecule has 0 saturated heterocycles. The Morgan fingerprint density at radius 1 is 1.47 bits per heavy atom. The van der Waals surface area contributed by atoms with Gasteiger partial charge in [-0.25, -0.2) is 0 Å². The van der Waals surface area contributed by atoms with Crippen LogP contribution in [0.2, 0.25) is 0 Å². The van der Waals surface area contributed by atoms with Crippen molar-refractivity contribution in [3.05, 3.63) is 29.3 Å². The van der Waals surface area contributed by atoms with Gasteiger partial charge in [-0.1, -0.05) is 6.07 Å². The number of nitrogens with one attached hydrogen (secondary N) is 1. The molecule has 2 unspecified atom stereocenters. The summed E-state index contributed by atoms with van der Waals surface area (Å²) in [6, 6.07) is 7.37. The third kappa shape index (κ3) is 2.79. The van der Waals surface area contributed by atoms with Crippen LogP contribution in [0.1, 0.15) is 30.5 Å². The van der Waals surface area contributed by atoms with Gasteiger partial charge in [0.1, 0.15) is 0 Å². The van der Waals surface area contributed by atoms with Crippen molar-refractivity contribution >= 4 is 5.69 Å². The summed E-state index contributed by atoms with van der Waals surface area (Å²) in [4.78, 5) is 2.24. The van der Waals surface area contributed by atoms with E-state index in [-0.39, 0.29) is 0 Å². The molecule has 1 aliphatic rings. The zero-order valence-electron chi connectivity index (χ0n) is 11.0. The Labute approximate surface area is 104 Å². The molecule has 0 fully saturated rings. The quantitative estimate of drug-likeness (QED) is 0.779. The SMILES string of the molecule is CC(CNC1CCc2cc(N)ccc21)N(C)C. The topological polar surface area (TPSA) is 41.3 Å². The molecule has 0 aromatic heterocycles. The summed E-state index contributed by atoms with van der Waals surface area (Å²) in [7, 11) is 4.24. The number of aryl methyl sites for hydroxylation is 1. The highest BCUT2D eigenvalue weighted by atomic mass is 15.1. The first-order valence-corrected chi connectivity index (χ1v) is 6.36. The summed E-state index contributed by atoms with van der Waals surface area (Å²) in [6.45, 7) is 3.27. The fourth-order valence-electron chi connectivity index (χ4n) is 2.34. The normalized spacial score (nSPS) is 20.6. The monoisotopic (exact) mass is 233 g/mol. The van der Waals surface area contributed by atoms with Gasteiger partial charge in [0.15, 0.2) is 0 Å². The van der Waals surface area contributed by atoms with Crippen LogP contribution < -0.4 is 11.1 Å². The highest BCUT2D eigenvalue weighted by Crippen LogP contribution is 2.32. The maximum Gasteiger partial charge on any atom is 0.0326 e. The molecule has 2 rings (SSSR count). The molecule has 1 aromatic carbocycles. The zero-order chi connectivity index (χ0) is 12.4. The molecule has 0 aliphatic heterocycles. The number of hydrogen-bond donors (Lipinski definition) is 2. The Morgan fingerprint density at radius 3 is 2.94 bits per heavy atom. The second-order valence-corrected chi connectivity index (χ2v) is 5.27. The van der Waals surface area contributed by atoms with Gasteiger partial charge in [0.05, 0.1) is 0 Å². The standard InChI is InChI=1S/C14H23N3/c1-10(17(2)3)9-16-14-7-4-11-8-12(15)5-6-13(11)14/h5-6,8,10,14,16H,4,7,9,15H2,1-3H3. The molecule has 0 saturated carbocycles. The lowest BCUT2D eigenvalue weighted by Crippen LogP contribution is -2.36. The maximum absolute atomic E-state index is 5.81. The van der Waals surface area contributed by atoms with E-state index in [2.05, 4.69) is 43.4 Å². The van der Waals surface area contributed by atoms with Crippen LogP contribution in [0.4, 0.5) is 5.69 Å². The summed E-state index contributed by atoms with van der Waals surface area (Å²) >= 11 is 0. The number of nitrogen functional groups attached to an aromatic ring is 1. The van der Waals surface area contributed by atoms with E-state index >= 15 is 0 Å². The number of nitrogens with zero attached hydrogens (tertiary/aromatic N) is 1. The third-order valence-electron chi connectivity index (χ3n) is 3.79. The number of hydrogen-bond acceptors (Lipinski definition) is 3. The smallest absolute Gasteiger partial charge is 0.0326 e. The molecule has 1 aliphatic carbocycles. The highest BCUT2D eigenvalue weighted by molar-refractivity contribution is 5.47. The van der Waals surface area contributed by atoms with Gasteiger partial charge in [-0.05, 0) is 57.1 Å². The van der Waals surface area contributed by atoms with Crippen LogP contribution in [0.25, 0.3) is 0 Å². The van der Waals surface area contributed by atoms with Crippen molar-refractivity contribution in [2.75, 3.05) is 26.4 Å². The lowest BCUT2D eigenvalue weighted by atomic mass is 10.1. The van der Waals surface area contributed by atoms with Crippen LogP contribution in [0.5, 0.6) is 0 Å². The van der Waals surface area contributed by atoms with Crippen LogP contribution in [0, 0.1) is 0 Å². The molecule has 0 heterocycles. The molecule has 17 heavy (non-hydrogen) atoms. The zero-order valence-corrected chi connectivity index (χ0v) is 11.0. The fourth-order valence-corrected chi connectivity index (χ4v) is 2.34. The van der Waals surface area contributed by atoms with Crippen molar-refractivity contribution in [3.63, 3.8) is 0 Å². The van der Waals surface area contributed by atoms with E-state index in [0.717, 1.165) is 18.7 Å². The van der Waals surface area contributed by atoms with Crippen LogP contribution >= 0.6 is 0 Å². The van der Waals surface area contributed by atoms with E-state index in [1.807, 2.05) is 6.07 Å². The summed E-state index contributed by atoms with van der Waals surface area (Å²) in [5, 5.41) is 3.66. The summed E-state index contributed by atoms with van der Waals surface area (Å²) in [5.74, 6) is 0. The number of likely N-dealkylation sites (N-methyl/N-ethyl adjacent to an activating group) is 1. The van der Waals surface area contributed by atoms with Gasteiger partial charge >= 0.3 is 0 Å². The molecule has 0 amide bonds. The van der Waals surface area contributed by atoms with Crippen molar-refractivity contribution in [1.29, 1.82) is 0 Å². The van der Waals surface area contributed by atoms with Gasteiger partial charge in [0.2, 0.25) is 0 Å². The molecule has 0 bridgehead atoms. The molecule has 0 radical (unpaired) electrons. The van der Waals surface area contributed by atoms with Crippen LogP contribution in [0.15, 0.2) is 18.2 Å². The van der Waals surface area contributed by atoms with Gasteiger partial charge in [-0.2, -0.15) is 0 Å². The fraction of sp³-hybridized carbons (Fsp3) is 0.571. The van der Waals surface area contributed by atoms with Crippen LogP contribution in [-0.2, 0) is 6.42 Å². The van der Waals surface area contributed by atoms with Crippen molar-refractivity contribution in [2.24, 2.45) is 0 Å². The van der Waals surface area contributed by atoms with Gasteiger partial charge in [0, 0.05) is 24.3 Å². The first-order chi connectivity index (χ1) is 8.08. The van der Waals surface area contributed by atoms with E-state index in [9.17, 15) is 0 Å². The summed E-state index contributed by atoms with van der Waals surface area (Å²) in [6.07, 6.45) is 2.34. The molecule has 3 N–H and O–H groups in total. The first kappa shape index (κ1) is 12.4. The molecule has 1 aromatic rings. The van der Waals surface area contributed by atoms with Crippen molar-refractivity contribution < 1.29 is 0 Å². The Bertz CT molecular complexity index is 387. The average molecular weight is 233 g/mol. The van der Waals surface area contributed by atoms with Crippen molar-refractivity contribution in [3.8, 4) is 0 Å². The number of anilines is 1. The van der Waals surface area contributed by atoms with E-state index < -0.39 is 0 Å². The Hall–Kier alpha value is -1.06. The first-order valence-electron chi connectivity index (χ1n) is 6.36. The second-order valence-electron chi connectivity index (χ2n) is 5.27. The molecule has 94 valence electrons. The van der Waals surface area contributed by atoms with Gasteiger partial charge in [-0.3, -0.25) is 0 Å². The molecule has 3 nitrogen and oxygen atoms in total.